The number of imidazole rings is 1. The molecule has 0 unspecified atom stereocenters. The van der Waals surface area contributed by atoms with Crippen molar-refractivity contribution in [3.8, 4) is 0 Å². The molecule has 4 heteroatoms. The molecule has 0 amide bonds. The van der Waals surface area contributed by atoms with Crippen LogP contribution >= 0.6 is 11.9 Å². The summed E-state index contributed by atoms with van der Waals surface area (Å²) in [4.78, 5) is 4.31. The van der Waals surface area contributed by atoms with Gasteiger partial charge in [0.05, 0.1) is 17.6 Å². The van der Waals surface area contributed by atoms with Crippen LogP contribution < -0.4 is 4.57 Å². The molecule has 0 N–H and O–H groups in total. The number of rotatable bonds is 3. The summed E-state index contributed by atoms with van der Waals surface area (Å²) in [5, 5.41) is 0. The Morgan fingerprint density at radius 1 is 1.47 bits per heavy atom. The molecule has 0 aliphatic carbocycles. The van der Waals surface area contributed by atoms with Crippen molar-refractivity contribution in [3.63, 3.8) is 0 Å². The first-order valence-corrected chi connectivity index (χ1v) is 6.00. The molecule has 0 aliphatic rings. The van der Waals surface area contributed by atoms with E-state index < -0.39 is 0 Å². The number of hydrogen-bond donors (Lipinski definition) is 0. The summed E-state index contributed by atoms with van der Waals surface area (Å²) in [7, 11) is 0. The fourth-order valence-corrected chi connectivity index (χ4v) is 1.92. The molecular formula is C11H14N3S+. The third-order valence-electron chi connectivity index (χ3n) is 2.29. The zero-order valence-electron chi connectivity index (χ0n) is 8.92. The quantitative estimate of drug-likeness (QED) is 0.734. The van der Waals surface area contributed by atoms with E-state index in [1.54, 1.807) is 11.9 Å². The minimum atomic E-state index is 0.834. The highest BCUT2D eigenvalue weighted by Gasteiger charge is 2.09. The van der Waals surface area contributed by atoms with Crippen molar-refractivity contribution in [2.75, 3.05) is 6.26 Å². The largest absolute Gasteiger partial charge is 0.257 e. The number of hydrogen-bond acceptors (Lipinski definition) is 2. The van der Waals surface area contributed by atoms with Crippen LogP contribution in [0.1, 0.15) is 11.4 Å². The Morgan fingerprint density at radius 3 is 2.93 bits per heavy atom. The first-order chi connectivity index (χ1) is 7.29. The molecule has 0 saturated heterocycles. The number of aryl methyl sites for hydroxylation is 1. The maximum absolute atomic E-state index is 4.31. The highest BCUT2D eigenvalue weighted by molar-refractivity contribution is 7.97. The van der Waals surface area contributed by atoms with E-state index in [-0.39, 0.29) is 0 Å². The summed E-state index contributed by atoms with van der Waals surface area (Å²) in [5.41, 5.74) is 2.33. The van der Waals surface area contributed by atoms with Crippen molar-refractivity contribution < 1.29 is 4.57 Å². The van der Waals surface area contributed by atoms with Gasteiger partial charge in [-0.15, -0.1) is 0 Å². The van der Waals surface area contributed by atoms with E-state index in [0.29, 0.717) is 0 Å². The summed E-state index contributed by atoms with van der Waals surface area (Å²) < 4.78 is 4.29. The smallest absolute Gasteiger partial charge is 0.256 e. The number of nitrogens with zero attached hydrogens (tertiary/aromatic N) is 3. The van der Waals surface area contributed by atoms with Gasteiger partial charge in [0.15, 0.2) is 0 Å². The predicted octanol–water partition coefficient (Wildman–Crippen LogP) is 1.65. The lowest BCUT2D eigenvalue weighted by Crippen LogP contribution is -2.35. The third kappa shape index (κ3) is 2.39. The van der Waals surface area contributed by atoms with Gasteiger partial charge in [0.25, 0.3) is 6.33 Å². The van der Waals surface area contributed by atoms with Gasteiger partial charge in [0.1, 0.15) is 18.4 Å². The van der Waals surface area contributed by atoms with E-state index in [2.05, 4.69) is 39.2 Å². The van der Waals surface area contributed by atoms with Gasteiger partial charge in [0.2, 0.25) is 0 Å². The predicted molar refractivity (Wildman–Crippen MR) is 61.6 cm³/mol. The van der Waals surface area contributed by atoms with Crippen molar-refractivity contribution in [2.45, 2.75) is 13.5 Å². The molecule has 0 aromatic carbocycles. The van der Waals surface area contributed by atoms with Crippen LogP contribution in [-0.4, -0.2) is 15.2 Å². The average molecular weight is 220 g/mol. The molecule has 0 aliphatic heterocycles. The molecule has 15 heavy (non-hydrogen) atoms. The SMILES string of the molecule is CSn1cc(C)[n+](Cc2ccccn2)c1. The minimum absolute atomic E-state index is 0.834. The molecule has 2 heterocycles. The average Bonchev–Trinajstić information content (AvgIpc) is 2.61. The summed E-state index contributed by atoms with van der Waals surface area (Å²) in [6, 6.07) is 6.00. The fraction of sp³-hybridized carbons (Fsp3) is 0.273. The molecule has 0 bridgehead atoms. The van der Waals surface area contributed by atoms with E-state index in [9.17, 15) is 0 Å². The van der Waals surface area contributed by atoms with Crippen LogP contribution in [0.3, 0.4) is 0 Å². The van der Waals surface area contributed by atoms with E-state index in [4.69, 9.17) is 0 Å². The minimum Gasteiger partial charge on any atom is -0.257 e. The van der Waals surface area contributed by atoms with Gasteiger partial charge in [-0.3, -0.25) is 4.98 Å². The Labute approximate surface area is 93.9 Å². The summed E-state index contributed by atoms with van der Waals surface area (Å²) in [6.45, 7) is 2.94. The summed E-state index contributed by atoms with van der Waals surface area (Å²) >= 11 is 1.69. The van der Waals surface area contributed by atoms with Crippen LogP contribution in [-0.2, 0) is 6.54 Å². The van der Waals surface area contributed by atoms with Crippen LogP contribution in [0.4, 0.5) is 0 Å². The van der Waals surface area contributed by atoms with E-state index in [0.717, 1.165) is 12.2 Å². The van der Waals surface area contributed by atoms with Crippen molar-refractivity contribution >= 4 is 11.9 Å². The van der Waals surface area contributed by atoms with E-state index >= 15 is 0 Å². The van der Waals surface area contributed by atoms with Gasteiger partial charge in [0, 0.05) is 19.4 Å². The van der Waals surface area contributed by atoms with Gasteiger partial charge in [-0.2, -0.15) is 3.97 Å². The number of pyridine rings is 1. The second-order valence-corrected chi connectivity index (χ2v) is 4.16. The molecule has 2 aromatic heterocycles. The molecule has 78 valence electrons. The van der Waals surface area contributed by atoms with Crippen LogP contribution in [0, 0.1) is 6.92 Å². The van der Waals surface area contributed by atoms with Gasteiger partial charge in [-0.25, -0.2) is 4.57 Å². The normalized spacial score (nSPS) is 10.5. The highest BCUT2D eigenvalue weighted by atomic mass is 32.2. The van der Waals surface area contributed by atoms with Crippen molar-refractivity contribution in [1.29, 1.82) is 0 Å². The van der Waals surface area contributed by atoms with Gasteiger partial charge < -0.3 is 0 Å². The lowest BCUT2D eigenvalue weighted by molar-refractivity contribution is -0.693. The first kappa shape index (κ1) is 10.2. The number of aromatic nitrogens is 3. The topological polar surface area (TPSA) is 21.7 Å². The first-order valence-electron chi connectivity index (χ1n) is 4.82. The van der Waals surface area contributed by atoms with Gasteiger partial charge in [-0.1, -0.05) is 6.07 Å². The maximum Gasteiger partial charge on any atom is 0.256 e. The molecule has 2 rings (SSSR count). The summed E-state index contributed by atoms with van der Waals surface area (Å²) in [5.74, 6) is 0. The lowest BCUT2D eigenvalue weighted by Gasteiger charge is -1.97. The molecule has 0 spiro atoms. The standard InChI is InChI=1S/C11H14N3S/c1-10-7-14(15-2)9-13(10)8-11-5-3-4-6-12-11/h3-7,9H,8H2,1-2H3/q+1. The van der Waals surface area contributed by atoms with Crippen molar-refractivity contribution in [2.24, 2.45) is 0 Å². The second-order valence-electron chi connectivity index (χ2n) is 3.38. The van der Waals surface area contributed by atoms with Crippen LogP contribution in [0.25, 0.3) is 0 Å². The highest BCUT2D eigenvalue weighted by Crippen LogP contribution is 2.02. The molecule has 0 atom stereocenters. The Kier molecular flexibility index (Phi) is 3.06. The molecule has 3 nitrogen and oxygen atoms in total. The third-order valence-corrected chi connectivity index (χ3v) is 2.91. The Balaban J connectivity index is 2.21. The zero-order chi connectivity index (χ0) is 10.7. The van der Waals surface area contributed by atoms with Crippen LogP contribution in [0.5, 0.6) is 0 Å². The molecule has 0 radical (unpaired) electrons. The van der Waals surface area contributed by atoms with Crippen LogP contribution in [0.2, 0.25) is 0 Å². The molecule has 0 saturated carbocycles. The Bertz CT molecular complexity index is 436. The van der Waals surface area contributed by atoms with Crippen LogP contribution in [0.15, 0.2) is 36.9 Å². The lowest BCUT2D eigenvalue weighted by atomic mass is 10.3. The van der Waals surface area contributed by atoms with Crippen molar-refractivity contribution in [3.05, 3.63) is 48.3 Å². The Hall–Kier alpha value is -1.29. The maximum atomic E-state index is 4.31. The molecular weight excluding hydrogens is 206 g/mol. The fourth-order valence-electron chi connectivity index (χ4n) is 1.45. The van der Waals surface area contributed by atoms with Gasteiger partial charge >= 0.3 is 0 Å². The summed E-state index contributed by atoms with van der Waals surface area (Å²) in [6.07, 6.45) is 8.10. The Morgan fingerprint density at radius 2 is 2.33 bits per heavy atom. The zero-order valence-corrected chi connectivity index (χ0v) is 9.74. The van der Waals surface area contributed by atoms with E-state index in [1.165, 1.54) is 5.69 Å². The molecule has 2 aromatic rings. The second kappa shape index (κ2) is 4.49. The van der Waals surface area contributed by atoms with E-state index in [1.807, 2.05) is 24.4 Å². The van der Waals surface area contributed by atoms with Crippen molar-refractivity contribution in [1.82, 2.24) is 8.96 Å². The van der Waals surface area contributed by atoms with Gasteiger partial charge in [-0.05, 0) is 12.1 Å². The monoisotopic (exact) mass is 220 g/mol. The molecule has 0 fully saturated rings.